The van der Waals surface area contributed by atoms with Crippen LogP contribution in [0.3, 0.4) is 0 Å². The first-order valence-electron chi connectivity index (χ1n) is 8.10. The highest BCUT2D eigenvalue weighted by atomic mass is 16.2. The minimum absolute atomic E-state index is 0.160. The molecular weight excluding hydrogens is 324 g/mol. The number of carbonyl (C=O) groups excluding carboxylic acids is 1. The van der Waals surface area contributed by atoms with Crippen LogP contribution in [0.2, 0.25) is 0 Å². The molecule has 0 bridgehead atoms. The molecule has 3 heterocycles. The van der Waals surface area contributed by atoms with Crippen LogP contribution in [0, 0.1) is 12.8 Å². The van der Waals surface area contributed by atoms with E-state index < -0.39 is 0 Å². The zero-order valence-electron chi connectivity index (χ0n) is 14.2. The van der Waals surface area contributed by atoms with Gasteiger partial charge in [-0.3, -0.25) is 24.7 Å². The van der Waals surface area contributed by atoms with Crippen LogP contribution in [-0.4, -0.2) is 38.7 Å². The Morgan fingerprint density at radius 3 is 2.88 bits per heavy atom. The molecule has 3 rings (SSSR count). The lowest BCUT2D eigenvalue weighted by atomic mass is 9.97. The minimum atomic E-state index is -0.303. The Balaban J connectivity index is 1.71. The molecule has 0 saturated carbocycles. The summed E-state index contributed by atoms with van der Waals surface area (Å²) in [6.07, 6.45) is 1.57. The van der Waals surface area contributed by atoms with Crippen molar-refractivity contribution in [2.45, 2.75) is 19.8 Å². The fourth-order valence-electron chi connectivity index (χ4n) is 2.91. The highest BCUT2D eigenvalue weighted by molar-refractivity contribution is 5.91. The summed E-state index contributed by atoms with van der Waals surface area (Å²) in [5.74, 6) is 0.385. The molecule has 1 fully saturated rings. The lowest BCUT2D eigenvalue weighted by Gasteiger charge is -2.32. The number of hydrogen-bond donors (Lipinski definition) is 2. The Labute approximate surface area is 143 Å². The number of aromatic amines is 1. The van der Waals surface area contributed by atoms with E-state index in [0.29, 0.717) is 18.1 Å². The minimum Gasteiger partial charge on any atom is -0.354 e. The number of carbonyl (C=O) groups is 1. The van der Waals surface area contributed by atoms with E-state index in [0.717, 1.165) is 19.4 Å². The van der Waals surface area contributed by atoms with E-state index in [1.807, 2.05) is 4.90 Å². The van der Waals surface area contributed by atoms with Crippen molar-refractivity contribution in [3.63, 3.8) is 0 Å². The lowest BCUT2D eigenvalue weighted by Crippen LogP contribution is -2.42. The number of aryl methyl sites for hydroxylation is 2. The third-order valence-corrected chi connectivity index (χ3v) is 4.17. The first kappa shape index (κ1) is 16.9. The molecule has 1 aliphatic heterocycles. The van der Waals surface area contributed by atoms with Gasteiger partial charge in [-0.05, 0) is 25.8 Å². The van der Waals surface area contributed by atoms with Gasteiger partial charge in [0.2, 0.25) is 11.9 Å². The maximum Gasteiger partial charge on any atom is 0.266 e. The van der Waals surface area contributed by atoms with Crippen molar-refractivity contribution in [3.8, 4) is 0 Å². The van der Waals surface area contributed by atoms with Crippen molar-refractivity contribution in [2.24, 2.45) is 13.0 Å². The predicted molar refractivity (Wildman–Crippen MR) is 92.6 cm³/mol. The number of piperidine rings is 1. The molecule has 1 aliphatic rings. The van der Waals surface area contributed by atoms with Gasteiger partial charge in [0, 0.05) is 38.0 Å². The Hall–Kier alpha value is -2.97. The molecule has 1 saturated heterocycles. The molecule has 1 amide bonds. The van der Waals surface area contributed by atoms with Crippen LogP contribution in [-0.2, 0) is 11.8 Å². The van der Waals surface area contributed by atoms with Gasteiger partial charge in [-0.15, -0.1) is 0 Å². The van der Waals surface area contributed by atoms with Crippen LogP contribution >= 0.6 is 0 Å². The Bertz CT molecular complexity index is 903. The van der Waals surface area contributed by atoms with E-state index in [2.05, 4.69) is 20.4 Å². The SMILES string of the molecule is Cc1cc(=O)[nH]c(NC(=O)[C@H]2CCCN(c3ccc(=O)n(C)n3)C2)n1. The molecule has 2 aromatic heterocycles. The van der Waals surface area contributed by atoms with E-state index in [9.17, 15) is 14.4 Å². The van der Waals surface area contributed by atoms with Gasteiger partial charge in [0.05, 0.1) is 5.92 Å². The fraction of sp³-hybridized carbons (Fsp3) is 0.438. The third-order valence-electron chi connectivity index (χ3n) is 4.17. The summed E-state index contributed by atoms with van der Waals surface area (Å²) in [7, 11) is 1.60. The van der Waals surface area contributed by atoms with Gasteiger partial charge in [0.15, 0.2) is 0 Å². The number of aromatic nitrogens is 4. The quantitative estimate of drug-likeness (QED) is 0.812. The van der Waals surface area contributed by atoms with Gasteiger partial charge in [-0.25, -0.2) is 9.67 Å². The number of amides is 1. The number of H-pyrrole nitrogens is 1. The van der Waals surface area contributed by atoms with Crippen molar-refractivity contribution in [1.82, 2.24) is 19.7 Å². The first-order valence-corrected chi connectivity index (χ1v) is 8.10. The van der Waals surface area contributed by atoms with Crippen molar-refractivity contribution in [2.75, 3.05) is 23.3 Å². The number of anilines is 2. The van der Waals surface area contributed by atoms with Crippen LogP contribution in [0.15, 0.2) is 27.8 Å². The Morgan fingerprint density at radius 2 is 2.16 bits per heavy atom. The first-order chi connectivity index (χ1) is 11.9. The summed E-state index contributed by atoms with van der Waals surface area (Å²) < 4.78 is 1.28. The van der Waals surface area contributed by atoms with Crippen molar-refractivity contribution in [3.05, 3.63) is 44.6 Å². The normalized spacial score (nSPS) is 17.4. The molecule has 2 aromatic rings. The summed E-state index contributed by atoms with van der Waals surface area (Å²) in [4.78, 5) is 44.1. The van der Waals surface area contributed by atoms with Gasteiger partial charge >= 0.3 is 0 Å². The van der Waals surface area contributed by atoms with Gasteiger partial charge in [0.25, 0.3) is 11.1 Å². The zero-order chi connectivity index (χ0) is 18.0. The standard InChI is InChI=1S/C16H20N6O3/c1-10-8-13(23)18-16(17-10)19-15(25)11-4-3-7-22(9-11)12-5-6-14(24)21(2)20-12/h5-6,8,11H,3-4,7,9H2,1-2H3,(H2,17,18,19,23,25)/t11-/m0/s1. The zero-order valence-corrected chi connectivity index (χ0v) is 14.2. The molecule has 0 aliphatic carbocycles. The molecule has 1 atom stereocenters. The smallest absolute Gasteiger partial charge is 0.266 e. The van der Waals surface area contributed by atoms with Crippen LogP contribution in [0.5, 0.6) is 0 Å². The summed E-state index contributed by atoms with van der Waals surface area (Å²) in [6, 6.07) is 4.50. The van der Waals surface area contributed by atoms with Crippen molar-refractivity contribution in [1.29, 1.82) is 0 Å². The van der Waals surface area contributed by atoms with E-state index in [-0.39, 0.29) is 28.9 Å². The largest absolute Gasteiger partial charge is 0.354 e. The van der Waals surface area contributed by atoms with Crippen LogP contribution < -0.4 is 21.3 Å². The molecule has 0 spiro atoms. The lowest BCUT2D eigenvalue weighted by molar-refractivity contribution is -0.120. The van der Waals surface area contributed by atoms with Gasteiger partial charge in [0.1, 0.15) is 5.82 Å². The second-order valence-electron chi connectivity index (χ2n) is 6.16. The number of nitrogens with zero attached hydrogens (tertiary/aromatic N) is 4. The highest BCUT2D eigenvalue weighted by Crippen LogP contribution is 2.21. The molecule has 25 heavy (non-hydrogen) atoms. The fourth-order valence-corrected chi connectivity index (χ4v) is 2.91. The molecule has 9 nitrogen and oxygen atoms in total. The van der Waals surface area contributed by atoms with Crippen molar-refractivity contribution >= 4 is 17.7 Å². The van der Waals surface area contributed by atoms with Gasteiger partial charge in [-0.1, -0.05) is 0 Å². The van der Waals surface area contributed by atoms with Crippen LogP contribution in [0.25, 0.3) is 0 Å². The van der Waals surface area contributed by atoms with E-state index in [4.69, 9.17) is 0 Å². The van der Waals surface area contributed by atoms with E-state index >= 15 is 0 Å². The number of nitrogens with one attached hydrogen (secondary N) is 2. The molecule has 0 aromatic carbocycles. The molecule has 0 radical (unpaired) electrons. The molecule has 132 valence electrons. The Morgan fingerprint density at radius 1 is 1.36 bits per heavy atom. The highest BCUT2D eigenvalue weighted by Gasteiger charge is 2.27. The maximum atomic E-state index is 12.5. The summed E-state index contributed by atoms with van der Waals surface area (Å²) in [5, 5.41) is 6.91. The monoisotopic (exact) mass is 344 g/mol. The Kier molecular flexibility index (Phi) is 4.64. The number of hydrogen-bond acceptors (Lipinski definition) is 6. The van der Waals surface area contributed by atoms with E-state index in [1.54, 1.807) is 20.0 Å². The van der Waals surface area contributed by atoms with Gasteiger partial charge < -0.3 is 4.90 Å². The maximum absolute atomic E-state index is 12.5. The number of rotatable bonds is 3. The van der Waals surface area contributed by atoms with E-state index in [1.165, 1.54) is 16.8 Å². The average Bonchev–Trinajstić information content (AvgIpc) is 2.56. The molecule has 2 N–H and O–H groups in total. The summed E-state index contributed by atoms with van der Waals surface area (Å²) in [5.41, 5.74) is 0.0609. The third kappa shape index (κ3) is 3.93. The van der Waals surface area contributed by atoms with Crippen LogP contribution in [0.4, 0.5) is 11.8 Å². The molecular formula is C16H20N6O3. The molecule has 0 unspecified atom stereocenters. The van der Waals surface area contributed by atoms with Crippen molar-refractivity contribution < 1.29 is 4.79 Å². The second kappa shape index (κ2) is 6.88. The average molecular weight is 344 g/mol. The topological polar surface area (TPSA) is 113 Å². The predicted octanol–water partition coefficient (Wildman–Crippen LogP) is 0.0271. The summed E-state index contributed by atoms with van der Waals surface area (Å²) >= 11 is 0. The summed E-state index contributed by atoms with van der Waals surface area (Å²) in [6.45, 7) is 2.96. The van der Waals surface area contributed by atoms with Crippen LogP contribution in [0.1, 0.15) is 18.5 Å². The van der Waals surface area contributed by atoms with Gasteiger partial charge in [-0.2, -0.15) is 5.10 Å². The molecule has 9 heteroatoms. The second-order valence-corrected chi connectivity index (χ2v) is 6.16.